The number of nitrogens with one attached hydrogen (secondary N) is 1. The number of unbranched alkanes of at least 4 members (excludes halogenated alkanes) is 49. The maximum atomic E-state index is 13.2. The van der Waals surface area contributed by atoms with Gasteiger partial charge in [0.1, 0.15) is 24.4 Å². The molecule has 1 aliphatic heterocycles. The molecule has 0 bridgehead atoms. The molecule has 1 fully saturated rings. The molecule has 7 unspecified atom stereocenters. The lowest BCUT2D eigenvalue weighted by Gasteiger charge is -2.40. The van der Waals surface area contributed by atoms with Crippen LogP contribution in [0.1, 0.15) is 386 Å². The minimum absolute atomic E-state index is 0.180. The van der Waals surface area contributed by atoms with Gasteiger partial charge in [-0.3, -0.25) is 4.79 Å². The van der Waals surface area contributed by atoms with Crippen LogP contribution in [0.15, 0.2) is 85.1 Å². The number of ether oxygens (including phenoxy) is 2. The fourth-order valence-corrected chi connectivity index (χ4v) is 12.7. The number of hydrogen-bond acceptors (Lipinski definition) is 8. The zero-order chi connectivity index (χ0) is 67.1. The Labute approximate surface area is 575 Å². The molecule has 0 aliphatic carbocycles. The van der Waals surface area contributed by atoms with Gasteiger partial charge in [0.05, 0.1) is 25.4 Å². The molecule has 0 saturated carbocycles. The lowest BCUT2D eigenvalue weighted by atomic mass is 9.99. The van der Waals surface area contributed by atoms with E-state index in [2.05, 4.69) is 92.1 Å². The second kappa shape index (κ2) is 72.1. The second-order valence-corrected chi connectivity index (χ2v) is 27.8. The van der Waals surface area contributed by atoms with Crippen LogP contribution < -0.4 is 5.32 Å². The van der Waals surface area contributed by atoms with Crippen molar-refractivity contribution in [3.63, 3.8) is 0 Å². The number of carbonyl (C=O) groups excluding carboxylic acids is 1. The third-order valence-electron chi connectivity index (χ3n) is 19.0. The fourth-order valence-electron chi connectivity index (χ4n) is 12.7. The number of hydrogen-bond donors (Lipinski definition) is 6. The average molecular weight is 1310 g/mol. The van der Waals surface area contributed by atoms with Crippen molar-refractivity contribution in [1.82, 2.24) is 5.32 Å². The van der Waals surface area contributed by atoms with E-state index < -0.39 is 49.5 Å². The lowest BCUT2D eigenvalue weighted by molar-refractivity contribution is -0.302. The first-order chi connectivity index (χ1) is 45.8. The molecule has 93 heavy (non-hydrogen) atoms. The molecule has 7 atom stereocenters. The number of allylic oxidation sites excluding steroid dienone is 13. The summed E-state index contributed by atoms with van der Waals surface area (Å²) in [5.74, 6) is -0.180. The maximum absolute atomic E-state index is 13.2. The Morgan fingerprint density at radius 3 is 1.03 bits per heavy atom. The van der Waals surface area contributed by atoms with Crippen LogP contribution in [0, 0.1) is 0 Å². The lowest BCUT2D eigenvalue weighted by Crippen LogP contribution is -2.60. The van der Waals surface area contributed by atoms with E-state index in [0.29, 0.717) is 6.42 Å². The van der Waals surface area contributed by atoms with Gasteiger partial charge in [-0.15, -0.1) is 0 Å². The first-order valence-corrected chi connectivity index (χ1v) is 40.3. The molecular formula is C84H153NO8. The van der Waals surface area contributed by atoms with Gasteiger partial charge in [-0.1, -0.05) is 388 Å². The third kappa shape index (κ3) is 60.3. The highest BCUT2D eigenvalue weighted by Gasteiger charge is 2.44. The van der Waals surface area contributed by atoms with Crippen molar-refractivity contribution in [2.45, 2.75) is 429 Å². The quantitative estimate of drug-likeness (QED) is 0.0261. The average Bonchev–Trinajstić information content (AvgIpc) is 1.00. The molecule has 1 rings (SSSR count). The molecule has 542 valence electrons. The third-order valence-corrected chi connectivity index (χ3v) is 19.0. The smallest absolute Gasteiger partial charge is 0.220 e. The summed E-state index contributed by atoms with van der Waals surface area (Å²) in [5.41, 5.74) is 0. The van der Waals surface area contributed by atoms with Gasteiger partial charge in [-0.2, -0.15) is 0 Å². The molecule has 6 N–H and O–H groups in total. The number of carbonyl (C=O) groups is 1. The summed E-state index contributed by atoms with van der Waals surface area (Å²) in [6, 6.07) is -0.825. The highest BCUT2D eigenvalue weighted by atomic mass is 16.7. The van der Waals surface area contributed by atoms with Crippen molar-refractivity contribution >= 4 is 5.91 Å². The highest BCUT2D eigenvalue weighted by molar-refractivity contribution is 5.76. The first kappa shape index (κ1) is 88.4. The van der Waals surface area contributed by atoms with Crippen LogP contribution in [0.5, 0.6) is 0 Å². The molecule has 1 saturated heterocycles. The highest BCUT2D eigenvalue weighted by Crippen LogP contribution is 2.24. The van der Waals surface area contributed by atoms with Crippen molar-refractivity contribution in [3.8, 4) is 0 Å². The minimum atomic E-state index is -1.57. The summed E-state index contributed by atoms with van der Waals surface area (Å²) in [6.45, 7) is 3.70. The van der Waals surface area contributed by atoms with Gasteiger partial charge in [0.25, 0.3) is 0 Å². The molecule has 0 aromatic heterocycles. The topological polar surface area (TPSA) is 149 Å². The largest absolute Gasteiger partial charge is 0.394 e. The van der Waals surface area contributed by atoms with Crippen molar-refractivity contribution in [2.24, 2.45) is 0 Å². The Hall–Kier alpha value is -2.63. The van der Waals surface area contributed by atoms with E-state index in [1.807, 2.05) is 6.08 Å². The van der Waals surface area contributed by atoms with Gasteiger partial charge in [0.2, 0.25) is 5.91 Å². The van der Waals surface area contributed by atoms with Crippen molar-refractivity contribution < 1.29 is 39.8 Å². The summed E-state index contributed by atoms with van der Waals surface area (Å²) in [4.78, 5) is 13.2. The van der Waals surface area contributed by atoms with E-state index in [4.69, 9.17) is 9.47 Å². The van der Waals surface area contributed by atoms with Crippen LogP contribution in [0.3, 0.4) is 0 Å². The minimum Gasteiger partial charge on any atom is -0.394 e. The Bertz CT molecular complexity index is 1750. The van der Waals surface area contributed by atoms with Crippen LogP contribution in [0.2, 0.25) is 0 Å². The van der Waals surface area contributed by atoms with Crippen LogP contribution in [0.4, 0.5) is 0 Å². The summed E-state index contributed by atoms with van der Waals surface area (Å²) < 4.78 is 11.3. The molecular weight excluding hydrogens is 1150 g/mol. The van der Waals surface area contributed by atoms with Gasteiger partial charge in [0, 0.05) is 6.42 Å². The molecule has 1 heterocycles. The molecule has 1 amide bonds. The molecule has 0 spiro atoms. The van der Waals surface area contributed by atoms with Crippen molar-refractivity contribution in [2.75, 3.05) is 13.2 Å². The van der Waals surface area contributed by atoms with Crippen LogP contribution in [-0.2, 0) is 14.3 Å². The predicted octanol–water partition coefficient (Wildman–Crippen LogP) is 23.2. The molecule has 0 aromatic rings. The molecule has 9 nitrogen and oxygen atoms in total. The van der Waals surface area contributed by atoms with Gasteiger partial charge in [-0.25, -0.2) is 0 Å². The molecule has 1 aliphatic rings. The van der Waals surface area contributed by atoms with Gasteiger partial charge < -0.3 is 40.3 Å². The van der Waals surface area contributed by atoms with Crippen LogP contribution in [0.25, 0.3) is 0 Å². The monoisotopic (exact) mass is 1300 g/mol. The second-order valence-electron chi connectivity index (χ2n) is 27.8. The maximum Gasteiger partial charge on any atom is 0.220 e. The molecule has 0 radical (unpaired) electrons. The van der Waals surface area contributed by atoms with Gasteiger partial charge >= 0.3 is 0 Å². The summed E-state index contributed by atoms with van der Waals surface area (Å²) in [6.07, 6.45) is 97.4. The van der Waals surface area contributed by atoms with E-state index in [-0.39, 0.29) is 12.5 Å². The van der Waals surface area contributed by atoms with E-state index in [9.17, 15) is 30.3 Å². The van der Waals surface area contributed by atoms with E-state index in [1.54, 1.807) is 6.08 Å². The normalized spacial score (nSPS) is 18.0. The summed E-state index contributed by atoms with van der Waals surface area (Å²) >= 11 is 0. The zero-order valence-corrected chi connectivity index (χ0v) is 61.0. The molecule has 0 aromatic carbocycles. The summed E-state index contributed by atoms with van der Waals surface area (Å²) in [7, 11) is 0. The van der Waals surface area contributed by atoms with Crippen molar-refractivity contribution in [1.29, 1.82) is 0 Å². The Kier molecular flexibility index (Phi) is 68.5. The van der Waals surface area contributed by atoms with Crippen molar-refractivity contribution in [3.05, 3.63) is 85.1 Å². The SMILES string of the molecule is CC/C=C\C/C=C\C/C=C\C/C=C\C/C=C\CCCCCCCCCCCCCCCCCCCCCCCCCCCC(=O)NC(COC1OC(CO)C(O)C(O)C1O)C(O)/C=C/CC/C=C/CCCCCCCCCCCCCCCCCCCCCCCCC. The Morgan fingerprint density at radius 2 is 0.677 bits per heavy atom. The van der Waals surface area contributed by atoms with Crippen LogP contribution >= 0.6 is 0 Å². The first-order valence-electron chi connectivity index (χ1n) is 40.3. The van der Waals surface area contributed by atoms with Crippen LogP contribution in [-0.4, -0.2) is 87.5 Å². The van der Waals surface area contributed by atoms with Gasteiger partial charge in [-0.05, 0) is 77.0 Å². The number of aliphatic hydroxyl groups excluding tert-OH is 5. The number of amides is 1. The van der Waals surface area contributed by atoms with E-state index in [0.717, 1.165) is 70.6 Å². The Morgan fingerprint density at radius 1 is 0.376 bits per heavy atom. The van der Waals surface area contributed by atoms with E-state index >= 15 is 0 Å². The predicted molar refractivity (Wildman–Crippen MR) is 401 cm³/mol. The fraction of sp³-hybridized carbons (Fsp3) is 0.821. The van der Waals surface area contributed by atoms with E-state index in [1.165, 1.54) is 295 Å². The van der Waals surface area contributed by atoms with Gasteiger partial charge in [0.15, 0.2) is 6.29 Å². The Balaban J connectivity index is 2.06. The zero-order valence-electron chi connectivity index (χ0n) is 61.0. The summed E-state index contributed by atoms with van der Waals surface area (Å²) in [5, 5.41) is 54.9. The molecule has 9 heteroatoms. The standard InChI is InChI=1S/C84H153NO8/c1-3-5-7-9-11-13-15-17-19-21-23-25-27-29-31-33-34-35-36-37-38-39-40-41-42-43-44-46-48-50-52-54-56-58-60-62-64-66-68-70-72-74-80(88)85-77(76-92-84-83(91)82(90)81(89)79(75-86)93-84)78(87)73-71-69-67-65-63-61-59-57-55-53-51-49-47-45-32-30-28-26-24-22-20-18-16-14-12-10-8-6-4-2/h5,7,11,13,17,19,23,25,29,31,63,65,71,73,77-79,81-84,86-87,89-91H,3-4,6,8-10,12,14-16,18,20-22,24,26-28,30,32-62,64,66-70,72,74-76H2,1-2H3,(H,85,88)/b7-5-,13-11-,19-17-,25-23-,31-29-,65-63+,73-71+. The number of aliphatic hydroxyl groups is 5. The number of rotatable bonds is 71.